The molecule has 0 aliphatic heterocycles. The van der Waals surface area contributed by atoms with Gasteiger partial charge in [0.25, 0.3) is 0 Å². The summed E-state index contributed by atoms with van der Waals surface area (Å²) in [4.78, 5) is -0.0519. The Bertz CT molecular complexity index is 757. The molecule has 3 N–H and O–H groups in total. The van der Waals surface area contributed by atoms with Crippen molar-refractivity contribution < 1.29 is 12.8 Å². The smallest absolute Gasteiger partial charge is 0.241 e. The lowest BCUT2D eigenvalue weighted by Gasteiger charge is -2.10. The van der Waals surface area contributed by atoms with Gasteiger partial charge in [-0.15, -0.1) is 10.2 Å². The number of nitrogens with zero attached hydrogens (tertiary/aromatic N) is 3. The maximum atomic E-state index is 13.3. The first-order valence-electron chi connectivity index (χ1n) is 6.27. The number of sulfonamides is 1. The quantitative estimate of drug-likeness (QED) is 0.795. The lowest BCUT2D eigenvalue weighted by atomic mass is 10.2. The number of nitrogen functional groups attached to an aromatic ring is 1. The van der Waals surface area contributed by atoms with Crippen LogP contribution < -0.4 is 10.5 Å². The van der Waals surface area contributed by atoms with Crippen molar-refractivity contribution in [2.24, 2.45) is 0 Å². The van der Waals surface area contributed by atoms with Crippen LogP contribution in [0.15, 0.2) is 23.4 Å². The predicted octanol–water partition coefficient (Wildman–Crippen LogP) is 0.806. The van der Waals surface area contributed by atoms with E-state index in [1.807, 2.05) is 6.92 Å². The Kier molecular flexibility index (Phi) is 4.24. The summed E-state index contributed by atoms with van der Waals surface area (Å²) in [6, 6.07) is 2.20. The van der Waals surface area contributed by atoms with Crippen molar-refractivity contribution in [1.82, 2.24) is 19.5 Å². The van der Waals surface area contributed by atoms with Gasteiger partial charge in [0.1, 0.15) is 18.0 Å². The van der Waals surface area contributed by atoms with Crippen molar-refractivity contribution in [2.45, 2.75) is 31.8 Å². The third kappa shape index (κ3) is 3.19. The molecule has 2 aromatic rings. The average Bonchev–Trinajstić information content (AvgIpc) is 2.88. The Morgan fingerprint density at radius 3 is 2.81 bits per heavy atom. The summed E-state index contributed by atoms with van der Waals surface area (Å²) in [6.07, 6.45) is 1.52. The van der Waals surface area contributed by atoms with Crippen molar-refractivity contribution in [3.05, 3.63) is 35.7 Å². The van der Waals surface area contributed by atoms with E-state index >= 15 is 0 Å². The summed E-state index contributed by atoms with van der Waals surface area (Å²) in [5, 5.41) is 7.56. The van der Waals surface area contributed by atoms with E-state index in [4.69, 9.17) is 5.73 Å². The van der Waals surface area contributed by atoms with E-state index in [0.29, 0.717) is 12.4 Å². The molecule has 1 aromatic carbocycles. The van der Waals surface area contributed by atoms with Crippen LogP contribution in [0.4, 0.5) is 10.1 Å². The van der Waals surface area contributed by atoms with E-state index in [-0.39, 0.29) is 22.7 Å². The fourth-order valence-corrected chi connectivity index (χ4v) is 3.11. The Hall–Kier alpha value is -2.00. The van der Waals surface area contributed by atoms with Crippen LogP contribution in [0.3, 0.4) is 0 Å². The number of rotatable bonds is 5. The molecule has 0 unspecified atom stereocenters. The molecule has 0 amide bonds. The number of nitrogens with two attached hydrogens (primary N) is 1. The number of aryl methyl sites for hydroxylation is 2. The van der Waals surface area contributed by atoms with Gasteiger partial charge < -0.3 is 10.3 Å². The van der Waals surface area contributed by atoms with Crippen molar-refractivity contribution in [3.8, 4) is 0 Å². The third-order valence-electron chi connectivity index (χ3n) is 3.04. The first kappa shape index (κ1) is 15.4. The molecule has 21 heavy (non-hydrogen) atoms. The SMILES string of the molecule is CCn1cnnc1CNS(=O)(=O)c1cc(N)c(F)cc1C. The van der Waals surface area contributed by atoms with Crippen LogP contribution in [0.2, 0.25) is 0 Å². The van der Waals surface area contributed by atoms with Crippen LogP contribution in [0.5, 0.6) is 0 Å². The summed E-state index contributed by atoms with van der Waals surface area (Å²) in [5.41, 5.74) is 5.50. The van der Waals surface area contributed by atoms with Crippen LogP contribution in [-0.2, 0) is 23.1 Å². The summed E-state index contributed by atoms with van der Waals surface area (Å²) < 4.78 is 42.0. The maximum Gasteiger partial charge on any atom is 0.241 e. The fourth-order valence-electron chi connectivity index (χ4n) is 1.88. The molecule has 114 valence electrons. The first-order valence-corrected chi connectivity index (χ1v) is 7.75. The minimum absolute atomic E-state index is 0.00705. The van der Waals surface area contributed by atoms with E-state index in [2.05, 4.69) is 14.9 Å². The molecular formula is C12H16FN5O2S. The molecule has 0 spiro atoms. The lowest BCUT2D eigenvalue weighted by Crippen LogP contribution is -2.26. The Morgan fingerprint density at radius 1 is 1.43 bits per heavy atom. The molecule has 7 nitrogen and oxygen atoms in total. The van der Waals surface area contributed by atoms with Crippen LogP contribution >= 0.6 is 0 Å². The second-order valence-corrected chi connectivity index (χ2v) is 6.23. The van der Waals surface area contributed by atoms with Gasteiger partial charge in [0.15, 0.2) is 0 Å². The van der Waals surface area contributed by atoms with E-state index in [9.17, 15) is 12.8 Å². The Labute approximate surface area is 122 Å². The zero-order valence-corrected chi connectivity index (χ0v) is 12.5. The summed E-state index contributed by atoms with van der Waals surface area (Å²) in [7, 11) is -3.81. The molecule has 0 radical (unpaired) electrons. The Balaban J connectivity index is 2.25. The van der Waals surface area contributed by atoms with Crippen LogP contribution in [0, 0.1) is 12.7 Å². The van der Waals surface area contributed by atoms with Gasteiger partial charge in [0.2, 0.25) is 10.0 Å². The predicted molar refractivity (Wildman–Crippen MR) is 75.3 cm³/mol. The molecule has 1 heterocycles. The number of halogens is 1. The molecule has 0 aliphatic rings. The first-order chi connectivity index (χ1) is 9.85. The highest BCUT2D eigenvalue weighted by molar-refractivity contribution is 7.89. The van der Waals surface area contributed by atoms with E-state index in [0.717, 1.165) is 12.1 Å². The molecule has 0 atom stereocenters. The third-order valence-corrected chi connectivity index (χ3v) is 4.58. The van der Waals surface area contributed by atoms with E-state index in [1.165, 1.54) is 13.3 Å². The molecule has 0 saturated carbocycles. The molecule has 1 aromatic heterocycles. The van der Waals surface area contributed by atoms with Crippen LogP contribution in [0.25, 0.3) is 0 Å². The van der Waals surface area contributed by atoms with Crippen molar-refractivity contribution >= 4 is 15.7 Å². The second kappa shape index (κ2) is 5.78. The van der Waals surface area contributed by atoms with Crippen molar-refractivity contribution in [2.75, 3.05) is 5.73 Å². The highest BCUT2D eigenvalue weighted by Gasteiger charge is 2.19. The lowest BCUT2D eigenvalue weighted by molar-refractivity contribution is 0.573. The summed E-state index contributed by atoms with van der Waals surface area (Å²) >= 11 is 0. The van der Waals surface area contributed by atoms with E-state index in [1.54, 1.807) is 4.57 Å². The zero-order chi connectivity index (χ0) is 15.6. The van der Waals surface area contributed by atoms with Gasteiger partial charge in [0, 0.05) is 6.54 Å². The minimum atomic E-state index is -3.81. The number of benzene rings is 1. The van der Waals surface area contributed by atoms with Gasteiger partial charge in [-0.1, -0.05) is 0 Å². The standard InChI is InChI=1S/C12H16FN5O2S/c1-3-18-7-15-17-12(18)6-16-21(19,20)11-5-10(14)9(13)4-8(11)2/h4-5,7,16H,3,6,14H2,1-2H3. The number of hydrogen-bond acceptors (Lipinski definition) is 5. The molecular weight excluding hydrogens is 297 g/mol. The summed E-state index contributed by atoms with van der Waals surface area (Å²) in [5.74, 6) is -0.147. The van der Waals surface area contributed by atoms with E-state index < -0.39 is 15.8 Å². The number of aromatic nitrogens is 3. The molecule has 0 aliphatic carbocycles. The summed E-state index contributed by atoms with van der Waals surface area (Å²) in [6.45, 7) is 4.03. The van der Waals surface area contributed by atoms with Gasteiger partial charge >= 0.3 is 0 Å². The highest BCUT2D eigenvalue weighted by atomic mass is 32.2. The van der Waals surface area contributed by atoms with Crippen molar-refractivity contribution in [3.63, 3.8) is 0 Å². The van der Waals surface area contributed by atoms with Gasteiger partial charge in [-0.2, -0.15) is 0 Å². The second-order valence-electron chi connectivity index (χ2n) is 4.50. The zero-order valence-electron chi connectivity index (χ0n) is 11.7. The van der Waals surface area contributed by atoms with Gasteiger partial charge in [-0.25, -0.2) is 17.5 Å². The van der Waals surface area contributed by atoms with Gasteiger partial charge in [-0.05, 0) is 31.5 Å². The topological polar surface area (TPSA) is 103 Å². The van der Waals surface area contributed by atoms with Gasteiger partial charge in [-0.3, -0.25) is 0 Å². The molecule has 0 saturated heterocycles. The van der Waals surface area contributed by atoms with Crippen LogP contribution in [-0.4, -0.2) is 23.2 Å². The number of anilines is 1. The molecule has 0 fully saturated rings. The number of nitrogens with one attached hydrogen (secondary N) is 1. The maximum absolute atomic E-state index is 13.3. The largest absolute Gasteiger partial charge is 0.396 e. The van der Waals surface area contributed by atoms with Crippen LogP contribution in [0.1, 0.15) is 18.3 Å². The monoisotopic (exact) mass is 313 g/mol. The molecule has 9 heteroatoms. The average molecular weight is 313 g/mol. The Morgan fingerprint density at radius 2 is 2.14 bits per heavy atom. The van der Waals surface area contributed by atoms with Crippen molar-refractivity contribution in [1.29, 1.82) is 0 Å². The normalized spacial score (nSPS) is 11.8. The fraction of sp³-hybridized carbons (Fsp3) is 0.333. The highest BCUT2D eigenvalue weighted by Crippen LogP contribution is 2.21. The molecule has 0 bridgehead atoms. The minimum Gasteiger partial charge on any atom is -0.396 e. The van der Waals surface area contributed by atoms with Gasteiger partial charge in [0.05, 0.1) is 17.1 Å². The molecule has 2 rings (SSSR count). The number of hydrogen-bond donors (Lipinski definition) is 2.